The van der Waals surface area contributed by atoms with Crippen LogP contribution >= 0.6 is 12.4 Å². The molecule has 2 rings (SSSR count). The minimum Gasteiger partial charge on any atom is -0.496 e. The van der Waals surface area contributed by atoms with E-state index in [9.17, 15) is 4.79 Å². The van der Waals surface area contributed by atoms with Gasteiger partial charge in [-0.15, -0.1) is 12.4 Å². The lowest BCUT2D eigenvalue weighted by Crippen LogP contribution is -2.40. The molecule has 1 heterocycles. The van der Waals surface area contributed by atoms with Crippen LogP contribution in [0.2, 0.25) is 0 Å². The molecule has 0 spiro atoms. The molecule has 1 amide bonds. The monoisotopic (exact) mass is 312 g/mol. The molecule has 0 saturated carbocycles. The van der Waals surface area contributed by atoms with Gasteiger partial charge in [0.2, 0.25) is 0 Å². The summed E-state index contributed by atoms with van der Waals surface area (Å²) in [5, 5.41) is 3.21. The van der Waals surface area contributed by atoms with Crippen LogP contribution in [0.4, 0.5) is 0 Å². The molecule has 0 atom stereocenters. The summed E-state index contributed by atoms with van der Waals surface area (Å²) in [7, 11) is 3.62. The predicted molar refractivity (Wildman–Crippen MR) is 87.5 cm³/mol. The summed E-state index contributed by atoms with van der Waals surface area (Å²) in [5.41, 5.74) is 1.77. The van der Waals surface area contributed by atoms with E-state index >= 15 is 0 Å². The number of hydrogen-bond donors (Lipinski definition) is 1. The number of ether oxygens (including phenoxy) is 1. The lowest BCUT2D eigenvalue weighted by molar-refractivity contribution is 0.0690. The Morgan fingerprint density at radius 3 is 2.62 bits per heavy atom. The molecule has 21 heavy (non-hydrogen) atoms. The van der Waals surface area contributed by atoms with Crippen molar-refractivity contribution in [3.63, 3.8) is 0 Å². The van der Waals surface area contributed by atoms with Crippen molar-refractivity contribution in [3.05, 3.63) is 29.3 Å². The first kappa shape index (κ1) is 17.8. The maximum absolute atomic E-state index is 12.5. The highest BCUT2D eigenvalue weighted by Gasteiger charge is 2.23. The summed E-state index contributed by atoms with van der Waals surface area (Å²) in [6.45, 7) is 4.72. The van der Waals surface area contributed by atoms with Gasteiger partial charge in [-0.1, -0.05) is 6.07 Å². The van der Waals surface area contributed by atoms with E-state index in [1.54, 1.807) is 7.11 Å². The van der Waals surface area contributed by atoms with Crippen LogP contribution in [-0.4, -0.2) is 44.6 Å². The molecule has 1 saturated heterocycles. The summed E-state index contributed by atoms with van der Waals surface area (Å²) in [4.78, 5) is 14.5. The Bertz CT molecular complexity index is 471. The van der Waals surface area contributed by atoms with E-state index in [0.717, 1.165) is 49.4 Å². The standard InChI is InChI=1S/C16H24N2O2.ClH/c1-12-4-5-14(10-15(12)20-3)16(19)18-8-6-13(7-9-18)11-17-2;/h4-5,10,13,17H,6-9,11H2,1-3H3;1H. The summed E-state index contributed by atoms with van der Waals surface area (Å²) in [6, 6.07) is 5.68. The number of likely N-dealkylation sites (tertiary alicyclic amines) is 1. The minimum absolute atomic E-state index is 0. The molecule has 0 unspecified atom stereocenters. The Morgan fingerprint density at radius 2 is 2.05 bits per heavy atom. The van der Waals surface area contributed by atoms with E-state index in [4.69, 9.17) is 4.74 Å². The highest BCUT2D eigenvalue weighted by molar-refractivity contribution is 5.94. The molecular formula is C16H25ClN2O2. The smallest absolute Gasteiger partial charge is 0.253 e. The third-order valence-corrected chi connectivity index (χ3v) is 4.05. The van der Waals surface area contributed by atoms with Gasteiger partial charge in [-0.3, -0.25) is 4.79 Å². The van der Waals surface area contributed by atoms with E-state index in [0.29, 0.717) is 5.92 Å². The van der Waals surface area contributed by atoms with Crippen LogP contribution < -0.4 is 10.1 Å². The molecule has 0 aliphatic carbocycles. The number of carbonyl (C=O) groups excluding carboxylic acids is 1. The zero-order chi connectivity index (χ0) is 14.5. The number of nitrogens with one attached hydrogen (secondary N) is 1. The number of rotatable bonds is 4. The van der Waals surface area contributed by atoms with Crippen LogP contribution in [0.15, 0.2) is 18.2 Å². The van der Waals surface area contributed by atoms with Crippen molar-refractivity contribution in [1.82, 2.24) is 10.2 Å². The maximum Gasteiger partial charge on any atom is 0.253 e. The summed E-state index contributed by atoms with van der Waals surface area (Å²) in [6.07, 6.45) is 2.16. The van der Waals surface area contributed by atoms with Crippen molar-refractivity contribution in [3.8, 4) is 5.75 Å². The molecule has 118 valence electrons. The van der Waals surface area contributed by atoms with Crippen molar-refractivity contribution in [1.29, 1.82) is 0 Å². The van der Waals surface area contributed by atoms with Crippen molar-refractivity contribution in [2.24, 2.45) is 5.92 Å². The topological polar surface area (TPSA) is 41.6 Å². The first-order chi connectivity index (χ1) is 9.65. The highest BCUT2D eigenvalue weighted by Crippen LogP contribution is 2.22. The Kier molecular flexibility index (Phi) is 6.99. The van der Waals surface area contributed by atoms with Gasteiger partial charge in [-0.25, -0.2) is 0 Å². The molecule has 5 heteroatoms. The number of carbonyl (C=O) groups is 1. The lowest BCUT2D eigenvalue weighted by atomic mass is 9.96. The quantitative estimate of drug-likeness (QED) is 0.929. The van der Waals surface area contributed by atoms with Crippen LogP contribution in [0.3, 0.4) is 0 Å². The van der Waals surface area contributed by atoms with Gasteiger partial charge in [0, 0.05) is 18.7 Å². The van der Waals surface area contributed by atoms with E-state index in [-0.39, 0.29) is 18.3 Å². The second-order valence-corrected chi connectivity index (χ2v) is 5.48. The average molecular weight is 313 g/mol. The first-order valence-corrected chi connectivity index (χ1v) is 7.24. The zero-order valence-electron chi connectivity index (χ0n) is 13.0. The van der Waals surface area contributed by atoms with Crippen LogP contribution in [0, 0.1) is 12.8 Å². The first-order valence-electron chi connectivity index (χ1n) is 7.24. The van der Waals surface area contributed by atoms with Gasteiger partial charge in [0.15, 0.2) is 0 Å². The summed E-state index contributed by atoms with van der Waals surface area (Å²) >= 11 is 0. The van der Waals surface area contributed by atoms with E-state index in [1.807, 2.05) is 37.1 Å². The molecule has 0 bridgehead atoms. The Balaban J connectivity index is 0.00000220. The summed E-state index contributed by atoms with van der Waals surface area (Å²) in [5.74, 6) is 1.59. The molecule has 1 aromatic rings. The molecule has 0 aromatic heterocycles. The number of benzene rings is 1. The van der Waals surface area contributed by atoms with Gasteiger partial charge >= 0.3 is 0 Å². The molecule has 1 fully saturated rings. The van der Waals surface area contributed by atoms with Crippen LogP contribution in [-0.2, 0) is 0 Å². The highest BCUT2D eigenvalue weighted by atomic mass is 35.5. The molecule has 1 N–H and O–H groups in total. The minimum atomic E-state index is 0. The number of aryl methyl sites for hydroxylation is 1. The second kappa shape index (κ2) is 8.25. The predicted octanol–water partition coefficient (Wildman–Crippen LogP) is 2.50. The fourth-order valence-electron chi connectivity index (χ4n) is 2.76. The number of nitrogens with zero attached hydrogens (tertiary/aromatic N) is 1. The number of piperidine rings is 1. The van der Waals surface area contributed by atoms with E-state index < -0.39 is 0 Å². The maximum atomic E-state index is 12.5. The number of amides is 1. The number of methoxy groups -OCH3 is 1. The average Bonchev–Trinajstić information content (AvgIpc) is 2.48. The van der Waals surface area contributed by atoms with Gasteiger partial charge in [-0.2, -0.15) is 0 Å². The fourth-order valence-corrected chi connectivity index (χ4v) is 2.76. The van der Waals surface area contributed by atoms with Crippen molar-refractivity contribution >= 4 is 18.3 Å². The normalized spacial score (nSPS) is 15.5. The largest absolute Gasteiger partial charge is 0.496 e. The Hall–Kier alpha value is -1.26. The van der Waals surface area contributed by atoms with Crippen molar-refractivity contribution in [2.45, 2.75) is 19.8 Å². The van der Waals surface area contributed by atoms with Crippen molar-refractivity contribution < 1.29 is 9.53 Å². The Labute approximate surface area is 133 Å². The number of halogens is 1. The molecule has 1 aliphatic rings. The fraction of sp³-hybridized carbons (Fsp3) is 0.562. The number of hydrogen-bond acceptors (Lipinski definition) is 3. The van der Waals surface area contributed by atoms with Gasteiger partial charge in [0.25, 0.3) is 5.91 Å². The lowest BCUT2D eigenvalue weighted by Gasteiger charge is -2.32. The summed E-state index contributed by atoms with van der Waals surface area (Å²) < 4.78 is 5.29. The SMILES string of the molecule is CNCC1CCN(C(=O)c2ccc(C)c(OC)c2)CC1.Cl. The van der Waals surface area contributed by atoms with Gasteiger partial charge in [0.05, 0.1) is 7.11 Å². The zero-order valence-corrected chi connectivity index (χ0v) is 13.8. The third-order valence-electron chi connectivity index (χ3n) is 4.05. The third kappa shape index (κ3) is 4.35. The van der Waals surface area contributed by atoms with Crippen LogP contribution in [0.25, 0.3) is 0 Å². The van der Waals surface area contributed by atoms with E-state index in [1.165, 1.54) is 0 Å². The molecule has 1 aromatic carbocycles. The van der Waals surface area contributed by atoms with E-state index in [2.05, 4.69) is 5.32 Å². The van der Waals surface area contributed by atoms with Gasteiger partial charge < -0.3 is 15.0 Å². The second-order valence-electron chi connectivity index (χ2n) is 5.48. The van der Waals surface area contributed by atoms with Gasteiger partial charge in [-0.05, 0) is 57.0 Å². The molecule has 4 nitrogen and oxygen atoms in total. The van der Waals surface area contributed by atoms with Crippen LogP contribution in [0.1, 0.15) is 28.8 Å². The van der Waals surface area contributed by atoms with Gasteiger partial charge in [0.1, 0.15) is 5.75 Å². The molecule has 1 aliphatic heterocycles. The molecular weight excluding hydrogens is 288 g/mol. The Morgan fingerprint density at radius 1 is 1.38 bits per heavy atom. The van der Waals surface area contributed by atoms with Crippen LogP contribution in [0.5, 0.6) is 5.75 Å². The van der Waals surface area contributed by atoms with Crippen molar-refractivity contribution in [2.75, 3.05) is 33.8 Å². The molecule has 0 radical (unpaired) electrons.